The number of hydrogen-bond acceptors (Lipinski definition) is 5. The fourth-order valence-electron chi connectivity index (χ4n) is 3.47. The lowest BCUT2D eigenvalue weighted by Crippen LogP contribution is -2.51. The topological polar surface area (TPSA) is 96.0 Å². The molecule has 9 heteroatoms. The van der Waals surface area contributed by atoms with Crippen LogP contribution >= 0.6 is 0 Å². The number of rotatable bonds is 12. The maximum atomic E-state index is 13.5. The average Bonchev–Trinajstić information content (AvgIpc) is 2.80. The summed E-state index contributed by atoms with van der Waals surface area (Å²) in [5.41, 5.74) is 2.18. The van der Waals surface area contributed by atoms with Crippen molar-refractivity contribution in [1.29, 1.82) is 0 Å². The molecule has 0 aromatic heterocycles. The maximum absolute atomic E-state index is 13.5. The summed E-state index contributed by atoms with van der Waals surface area (Å²) in [5.74, 6) is -0.281. The fraction of sp³-hybridized carbons (Fsp3) is 0.440. The van der Waals surface area contributed by atoms with Gasteiger partial charge >= 0.3 is 0 Å². The third-order valence-corrected chi connectivity index (χ3v) is 6.76. The van der Waals surface area contributed by atoms with Crippen molar-refractivity contribution in [3.05, 3.63) is 59.7 Å². The van der Waals surface area contributed by atoms with Gasteiger partial charge in [-0.1, -0.05) is 43.7 Å². The van der Waals surface area contributed by atoms with E-state index < -0.39 is 28.5 Å². The molecule has 8 nitrogen and oxygen atoms in total. The number of methoxy groups -OCH3 is 1. The van der Waals surface area contributed by atoms with E-state index in [-0.39, 0.29) is 12.5 Å². The van der Waals surface area contributed by atoms with Crippen LogP contribution in [0, 0.1) is 6.92 Å². The molecule has 0 saturated carbocycles. The zero-order chi connectivity index (χ0) is 25.3. The molecular formula is C25H35N3O5S. The second-order valence-corrected chi connectivity index (χ2v) is 10.1. The second-order valence-electron chi connectivity index (χ2n) is 8.24. The third kappa shape index (κ3) is 7.48. The molecule has 1 atom stereocenters. The van der Waals surface area contributed by atoms with Crippen LogP contribution in [0.4, 0.5) is 5.69 Å². The van der Waals surface area contributed by atoms with E-state index in [1.54, 1.807) is 31.2 Å². The first-order valence-electron chi connectivity index (χ1n) is 11.3. The first-order valence-corrected chi connectivity index (χ1v) is 13.2. The lowest BCUT2D eigenvalue weighted by Gasteiger charge is -2.32. The Labute approximate surface area is 202 Å². The molecule has 34 heavy (non-hydrogen) atoms. The highest BCUT2D eigenvalue weighted by atomic mass is 32.2. The van der Waals surface area contributed by atoms with Crippen LogP contribution < -0.4 is 14.4 Å². The van der Waals surface area contributed by atoms with Gasteiger partial charge in [0.1, 0.15) is 18.3 Å². The molecule has 2 amide bonds. The quantitative estimate of drug-likeness (QED) is 0.462. The van der Waals surface area contributed by atoms with Crippen LogP contribution in [-0.4, -0.2) is 57.6 Å². The second kappa shape index (κ2) is 12.4. The van der Waals surface area contributed by atoms with Gasteiger partial charge in [-0.25, -0.2) is 8.42 Å². The Morgan fingerprint density at radius 2 is 1.82 bits per heavy atom. The van der Waals surface area contributed by atoms with Gasteiger partial charge in [-0.15, -0.1) is 0 Å². The highest BCUT2D eigenvalue weighted by molar-refractivity contribution is 7.92. The van der Waals surface area contributed by atoms with Gasteiger partial charge in [0.25, 0.3) is 0 Å². The van der Waals surface area contributed by atoms with Crippen molar-refractivity contribution < 1.29 is 22.7 Å². The molecular weight excluding hydrogens is 454 g/mol. The van der Waals surface area contributed by atoms with Gasteiger partial charge in [0.2, 0.25) is 21.8 Å². The van der Waals surface area contributed by atoms with Crippen LogP contribution in [0.25, 0.3) is 0 Å². The number of carbonyl (C=O) groups is 2. The molecule has 0 spiro atoms. The van der Waals surface area contributed by atoms with Crippen molar-refractivity contribution >= 4 is 27.5 Å². The van der Waals surface area contributed by atoms with Gasteiger partial charge in [-0.2, -0.15) is 0 Å². The van der Waals surface area contributed by atoms with Crippen LogP contribution in [0.1, 0.15) is 37.8 Å². The summed E-state index contributed by atoms with van der Waals surface area (Å²) in [7, 11) is -2.30. The Hall–Kier alpha value is -3.07. The predicted molar refractivity (Wildman–Crippen MR) is 134 cm³/mol. The lowest BCUT2D eigenvalue weighted by molar-refractivity contribution is -0.139. The van der Waals surface area contributed by atoms with Crippen molar-refractivity contribution in [1.82, 2.24) is 10.2 Å². The molecule has 186 valence electrons. The largest absolute Gasteiger partial charge is 0.497 e. The molecule has 1 N–H and O–H groups in total. The van der Waals surface area contributed by atoms with Gasteiger partial charge in [-0.05, 0) is 43.5 Å². The van der Waals surface area contributed by atoms with Crippen LogP contribution in [-0.2, 0) is 26.2 Å². The maximum Gasteiger partial charge on any atom is 0.244 e. The molecule has 2 aromatic rings. The molecule has 0 aliphatic heterocycles. The van der Waals surface area contributed by atoms with Crippen molar-refractivity contribution in [2.24, 2.45) is 0 Å². The van der Waals surface area contributed by atoms with E-state index in [0.717, 1.165) is 34.5 Å². The number of aryl methyl sites for hydroxylation is 1. The first-order chi connectivity index (χ1) is 16.1. The molecule has 0 unspecified atom stereocenters. The van der Waals surface area contributed by atoms with Gasteiger partial charge in [-0.3, -0.25) is 13.9 Å². The Balaban J connectivity index is 2.37. The van der Waals surface area contributed by atoms with E-state index in [0.29, 0.717) is 18.0 Å². The van der Waals surface area contributed by atoms with E-state index in [2.05, 4.69) is 5.32 Å². The number of hydrogen-bond donors (Lipinski definition) is 1. The predicted octanol–water partition coefficient (Wildman–Crippen LogP) is 3.10. The third-order valence-electron chi connectivity index (χ3n) is 5.62. The summed E-state index contributed by atoms with van der Waals surface area (Å²) in [6, 6.07) is 13.3. The Bertz CT molecular complexity index is 1090. The van der Waals surface area contributed by atoms with Crippen LogP contribution in [0.5, 0.6) is 5.75 Å². The van der Waals surface area contributed by atoms with E-state index in [1.807, 2.05) is 38.1 Å². The number of sulfonamides is 1. The summed E-state index contributed by atoms with van der Waals surface area (Å²) in [4.78, 5) is 27.8. The van der Waals surface area contributed by atoms with Crippen molar-refractivity contribution in [3.63, 3.8) is 0 Å². The fourth-order valence-corrected chi connectivity index (χ4v) is 4.31. The number of carbonyl (C=O) groups excluding carboxylic acids is 2. The first kappa shape index (κ1) is 27.2. The number of nitrogens with zero attached hydrogens (tertiary/aromatic N) is 2. The highest BCUT2D eigenvalue weighted by Gasteiger charge is 2.30. The van der Waals surface area contributed by atoms with E-state index >= 15 is 0 Å². The molecule has 0 aliphatic carbocycles. The number of unbranched alkanes of at least 4 members (excludes halogenated alkanes) is 1. The van der Waals surface area contributed by atoms with E-state index in [1.165, 1.54) is 12.0 Å². The molecule has 0 saturated heterocycles. The molecule has 2 aromatic carbocycles. The number of amides is 2. The molecule has 0 bridgehead atoms. The van der Waals surface area contributed by atoms with Gasteiger partial charge < -0.3 is 15.0 Å². The summed E-state index contributed by atoms with van der Waals surface area (Å²) < 4.78 is 31.5. The lowest BCUT2D eigenvalue weighted by atomic mass is 10.1. The summed E-state index contributed by atoms with van der Waals surface area (Å²) in [6.07, 6.45) is 2.82. The minimum Gasteiger partial charge on any atom is -0.497 e. The molecule has 0 fully saturated rings. The number of benzene rings is 2. The van der Waals surface area contributed by atoms with Crippen LogP contribution in [0.15, 0.2) is 48.5 Å². The summed E-state index contributed by atoms with van der Waals surface area (Å²) in [6.45, 7) is 5.89. The minimum absolute atomic E-state index is 0.184. The Morgan fingerprint density at radius 1 is 1.12 bits per heavy atom. The molecule has 0 radical (unpaired) electrons. The standard InChI is InChI=1S/C25H35N3O5S/c1-6-7-15-26-25(30)20(3)27(17-21-12-9-8-11-19(21)2)24(29)18-28(34(5,31)32)22-13-10-14-23(16-22)33-4/h8-14,16,20H,6-7,15,17-18H2,1-5H3,(H,26,30)/t20-/m0/s1. The van der Waals surface area contributed by atoms with Gasteiger partial charge in [0.15, 0.2) is 0 Å². The molecule has 2 rings (SSSR count). The smallest absolute Gasteiger partial charge is 0.244 e. The number of ether oxygens (including phenoxy) is 1. The minimum atomic E-state index is -3.79. The Morgan fingerprint density at radius 3 is 2.44 bits per heavy atom. The highest BCUT2D eigenvalue weighted by Crippen LogP contribution is 2.24. The van der Waals surface area contributed by atoms with E-state index in [4.69, 9.17) is 4.74 Å². The van der Waals surface area contributed by atoms with Crippen molar-refractivity contribution in [2.75, 3.05) is 30.8 Å². The normalized spacial score (nSPS) is 12.0. The molecule has 0 heterocycles. The van der Waals surface area contributed by atoms with Crippen molar-refractivity contribution in [2.45, 2.75) is 46.2 Å². The van der Waals surface area contributed by atoms with Gasteiger partial charge in [0.05, 0.1) is 19.1 Å². The Kier molecular flexibility index (Phi) is 9.92. The average molecular weight is 490 g/mol. The van der Waals surface area contributed by atoms with Crippen molar-refractivity contribution in [3.8, 4) is 5.75 Å². The number of nitrogens with one attached hydrogen (secondary N) is 1. The van der Waals surface area contributed by atoms with Gasteiger partial charge in [0, 0.05) is 19.2 Å². The SMILES string of the molecule is CCCCNC(=O)[C@H](C)N(Cc1ccccc1C)C(=O)CN(c1cccc(OC)c1)S(C)(=O)=O. The molecule has 0 aliphatic rings. The monoisotopic (exact) mass is 489 g/mol. The zero-order valence-corrected chi connectivity index (χ0v) is 21.4. The summed E-state index contributed by atoms with van der Waals surface area (Å²) >= 11 is 0. The van der Waals surface area contributed by atoms with Crippen LogP contribution in [0.3, 0.4) is 0 Å². The number of anilines is 1. The zero-order valence-electron chi connectivity index (χ0n) is 20.6. The van der Waals surface area contributed by atoms with E-state index in [9.17, 15) is 18.0 Å². The van der Waals surface area contributed by atoms with Crippen LogP contribution in [0.2, 0.25) is 0 Å². The summed E-state index contributed by atoms with van der Waals surface area (Å²) in [5, 5.41) is 2.87.